The quantitative estimate of drug-likeness (QED) is 0.807. The molecule has 1 aromatic rings. The van der Waals surface area contributed by atoms with Crippen LogP contribution in [0.2, 0.25) is 0 Å². The zero-order valence-electron chi connectivity index (χ0n) is 11.0. The average molecular weight is 248 g/mol. The first kappa shape index (κ1) is 12.9. The maximum Gasteiger partial charge on any atom is 0.310 e. The highest BCUT2D eigenvalue weighted by atomic mass is 16.5. The molecule has 0 spiro atoms. The van der Waals surface area contributed by atoms with Crippen LogP contribution in [0.4, 0.5) is 5.69 Å². The molecule has 98 valence electrons. The van der Waals surface area contributed by atoms with Crippen molar-refractivity contribution in [2.24, 2.45) is 11.7 Å². The third kappa shape index (κ3) is 2.48. The first-order valence-corrected chi connectivity index (χ1v) is 6.26. The highest BCUT2D eigenvalue weighted by Crippen LogP contribution is 2.28. The lowest BCUT2D eigenvalue weighted by atomic mass is 9.97. The first-order valence-electron chi connectivity index (χ1n) is 6.26. The van der Waals surface area contributed by atoms with Gasteiger partial charge in [-0.2, -0.15) is 0 Å². The molecule has 0 aliphatic carbocycles. The van der Waals surface area contributed by atoms with Gasteiger partial charge in [-0.25, -0.2) is 0 Å². The molecular weight excluding hydrogens is 228 g/mol. The van der Waals surface area contributed by atoms with Crippen LogP contribution in [0.1, 0.15) is 11.1 Å². The standard InChI is InChI=1S/C14H20N2O2/c1-16-6-5-11-7-10(3-4-13(11)16)8-12(9-15)14(17)18-2/h3-4,7,12H,5-6,8-9,15H2,1-2H3. The predicted molar refractivity (Wildman–Crippen MR) is 71.7 cm³/mol. The molecule has 0 radical (unpaired) electrons. The molecular formula is C14H20N2O2. The van der Waals surface area contributed by atoms with Crippen molar-refractivity contribution in [1.82, 2.24) is 0 Å². The average Bonchev–Trinajstić information content (AvgIpc) is 2.76. The van der Waals surface area contributed by atoms with Crippen LogP contribution in [0.3, 0.4) is 0 Å². The van der Waals surface area contributed by atoms with Gasteiger partial charge in [0.2, 0.25) is 0 Å². The van der Waals surface area contributed by atoms with Crippen molar-refractivity contribution in [2.75, 3.05) is 32.1 Å². The van der Waals surface area contributed by atoms with Crippen LogP contribution in [0, 0.1) is 5.92 Å². The van der Waals surface area contributed by atoms with E-state index < -0.39 is 0 Å². The molecule has 18 heavy (non-hydrogen) atoms. The Kier molecular flexibility index (Phi) is 3.87. The van der Waals surface area contributed by atoms with Crippen LogP contribution in [-0.4, -0.2) is 33.2 Å². The van der Waals surface area contributed by atoms with Crippen molar-refractivity contribution < 1.29 is 9.53 Å². The van der Waals surface area contributed by atoms with Crippen molar-refractivity contribution in [3.8, 4) is 0 Å². The number of hydrogen-bond donors (Lipinski definition) is 1. The van der Waals surface area contributed by atoms with E-state index in [2.05, 4.69) is 30.1 Å². The van der Waals surface area contributed by atoms with Gasteiger partial charge >= 0.3 is 5.97 Å². The molecule has 0 amide bonds. The Hall–Kier alpha value is -1.55. The Morgan fingerprint density at radius 2 is 2.33 bits per heavy atom. The number of likely N-dealkylation sites (N-methyl/N-ethyl adjacent to an activating group) is 1. The van der Waals surface area contributed by atoms with Gasteiger partial charge in [-0.15, -0.1) is 0 Å². The van der Waals surface area contributed by atoms with Gasteiger partial charge in [0, 0.05) is 25.8 Å². The van der Waals surface area contributed by atoms with E-state index in [1.54, 1.807) is 0 Å². The van der Waals surface area contributed by atoms with Gasteiger partial charge in [0.1, 0.15) is 0 Å². The molecule has 2 rings (SSSR count). The summed E-state index contributed by atoms with van der Waals surface area (Å²) in [6, 6.07) is 6.39. The number of nitrogens with two attached hydrogens (primary N) is 1. The number of esters is 1. The minimum absolute atomic E-state index is 0.227. The van der Waals surface area contributed by atoms with E-state index in [4.69, 9.17) is 10.5 Å². The van der Waals surface area contributed by atoms with Crippen molar-refractivity contribution in [1.29, 1.82) is 0 Å². The second kappa shape index (κ2) is 5.40. The maximum absolute atomic E-state index is 11.5. The van der Waals surface area contributed by atoms with Gasteiger partial charge in [0.05, 0.1) is 13.0 Å². The number of hydrogen-bond acceptors (Lipinski definition) is 4. The molecule has 1 aromatic carbocycles. The van der Waals surface area contributed by atoms with Crippen LogP contribution in [-0.2, 0) is 22.4 Å². The summed E-state index contributed by atoms with van der Waals surface area (Å²) in [7, 11) is 3.51. The number of carbonyl (C=O) groups excluding carboxylic acids is 1. The Morgan fingerprint density at radius 3 is 3.00 bits per heavy atom. The summed E-state index contributed by atoms with van der Waals surface area (Å²) in [4.78, 5) is 13.8. The zero-order chi connectivity index (χ0) is 13.1. The molecule has 4 heteroatoms. The maximum atomic E-state index is 11.5. The zero-order valence-corrected chi connectivity index (χ0v) is 11.0. The SMILES string of the molecule is COC(=O)C(CN)Cc1ccc2c(c1)CCN2C. The fraction of sp³-hybridized carbons (Fsp3) is 0.500. The molecule has 0 saturated carbocycles. The molecule has 4 nitrogen and oxygen atoms in total. The number of methoxy groups -OCH3 is 1. The van der Waals surface area contributed by atoms with Gasteiger partial charge < -0.3 is 15.4 Å². The minimum Gasteiger partial charge on any atom is -0.469 e. The lowest BCUT2D eigenvalue weighted by Crippen LogP contribution is -2.26. The molecule has 1 aliphatic heterocycles. The van der Waals surface area contributed by atoms with Crippen molar-refractivity contribution >= 4 is 11.7 Å². The fourth-order valence-corrected chi connectivity index (χ4v) is 2.46. The second-order valence-electron chi connectivity index (χ2n) is 4.79. The summed E-state index contributed by atoms with van der Waals surface area (Å²) < 4.78 is 4.76. The molecule has 0 fully saturated rings. The molecule has 2 N–H and O–H groups in total. The van der Waals surface area contributed by atoms with Crippen LogP contribution >= 0.6 is 0 Å². The Morgan fingerprint density at radius 1 is 1.56 bits per heavy atom. The molecule has 1 aliphatic rings. The van der Waals surface area contributed by atoms with Crippen LogP contribution in [0.15, 0.2) is 18.2 Å². The third-order valence-corrected chi connectivity index (χ3v) is 3.57. The van der Waals surface area contributed by atoms with E-state index in [-0.39, 0.29) is 11.9 Å². The Labute approximate surface area is 108 Å². The number of fused-ring (bicyclic) bond motifs is 1. The summed E-state index contributed by atoms with van der Waals surface area (Å²) in [6.45, 7) is 1.39. The molecule has 0 bridgehead atoms. The van der Waals surface area contributed by atoms with E-state index >= 15 is 0 Å². The molecule has 1 heterocycles. The van der Waals surface area contributed by atoms with Crippen molar-refractivity contribution in [2.45, 2.75) is 12.8 Å². The normalized spacial score (nSPS) is 15.4. The summed E-state index contributed by atoms with van der Waals surface area (Å²) >= 11 is 0. The van der Waals surface area contributed by atoms with Crippen LogP contribution in [0.25, 0.3) is 0 Å². The molecule has 0 aromatic heterocycles. The van der Waals surface area contributed by atoms with Gasteiger partial charge in [-0.1, -0.05) is 12.1 Å². The lowest BCUT2D eigenvalue weighted by molar-refractivity contribution is -0.145. The van der Waals surface area contributed by atoms with Crippen molar-refractivity contribution in [3.05, 3.63) is 29.3 Å². The number of nitrogens with zero attached hydrogens (tertiary/aromatic N) is 1. The number of anilines is 1. The summed E-state index contributed by atoms with van der Waals surface area (Å²) in [5.41, 5.74) is 9.43. The highest BCUT2D eigenvalue weighted by molar-refractivity contribution is 5.73. The van der Waals surface area contributed by atoms with Crippen molar-refractivity contribution in [3.63, 3.8) is 0 Å². The van der Waals surface area contributed by atoms with Gasteiger partial charge in [-0.05, 0) is 30.0 Å². The minimum atomic E-state index is -0.243. The summed E-state index contributed by atoms with van der Waals surface area (Å²) in [6.07, 6.45) is 1.73. The third-order valence-electron chi connectivity index (χ3n) is 3.57. The van der Waals surface area contributed by atoms with Gasteiger partial charge in [0.25, 0.3) is 0 Å². The topological polar surface area (TPSA) is 55.6 Å². The van der Waals surface area contributed by atoms with Crippen LogP contribution < -0.4 is 10.6 Å². The fourth-order valence-electron chi connectivity index (χ4n) is 2.46. The molecule has 1 atom stereocenters. The van der Waals surface area contributed by atoms with Crippen LogP contribution in [0.5, 0.6) is 0 Å². The number of benzene rings is 1. The first-order chi connectivity index (χ1) is 8.65. The largest absolute Gasteiger partial charge is 0.469 e. The summed E-state index contributed by atoms with van der Waals surface area (Å²) in [5.74, 6) is -0.470. The number of ether oxygens (including phenoxy) is 1. The Balaban J connectivity index is 2.13. The summed E-state index contributed by atoms with van der Waals surface area (Å²) in [5, 5.41) is 0. The van der Waals surface area contributed by atoms with E-state index in [0.717, 1.165) is 18.5 Å². The number of rotatable bonds is 4. The molecule has 1 unspecified atom stereocenters. The van der Waals surface area contributed by atoms with Gasteiger partial charge in [-0.3, -0.25) is 4.79 Å². The predicted octanol–water partition coefficient (Wildman–Crippen LogP) is 0.969. The monoisotopic (exact) mass is 248 g/mol. The molecule has 0 saturated heterocycles. The smallest absolute Gasteiger partial charge is 0.310 e. The lowest BCUT2D eigenvalue weighted by Gasteiger charge is -2.14. The number of carbonyl (C=O) groups is 1. The van der Waals surface area contributed by atoms with E-state index in [1.807, 2.05) is 0 Å². The van der Waals surface area contributed by atoms with E-state index in [1.165, 1.54) is 18.4 Å². The van der Waals surface area contributed by atoms with E-state index in [9.17, 15) is 4.79 Å². The highest BCUT2D eigenvalue weighted by Gasteiger charge is 2.20. The second-order valence-corrected chi connectivity index (χ2v) is 4.79. The Bertz CT molecular complexity index is 445. The van der Waals surface area contributed by atoms with Gasteiger partial charge in [0.15, 0.2) is 0 Å². The van der Waals surface area contributed by atoms with E-state index in [0.29, 0.717) is 13.0 Å².